The second kappa shape index (κ2) is 5.18. The highest BCUT2D eigenvalue weighted by Crippen LogP contribution is 2.18. The molecule has 17 heavy (non-hydrogen) atoms. The minimum atomic E-state index is -0.324. The van der Waals surface area contributed by atoms with E-state index >= 15 is 0 Å². The number of rotatable bonds is 3. The van der Waals surface area contributed by atoms with Crippen LogP contribution >= 0.6 is 11.3 Å². The SMILES string of the molecule is CC(C)(C#N)N1CCN(Cc2cccs2)CC1. The zero-order valence-corrected chi connectivity index (χ0v) is 11.3. The summed E-state index contributed by atoms with van der Waals surface area (Å²) in [6.45, 7) is 9.16. The van der Waals surface area contributed by atoms with E-state index in [0.29, 0.717) is 0 Å². The number of piperazine rings is 1. The molecule has 0 spiro atoms. The van der Waals surface area contributed by atoms with Crippen LogP contribution in [0.1, 0.15) is 18.7 Å². The van der Waals surface area contributed by atoms with Gasteiger partial charge in [-0.1, -0.05) is 6.07 Å². The fourth-order valence-corrected chi connectivity index (χ4v) is 2.90. The lowest BCUT2D eigenvalue weighted by Crippen LogP contribution is -2.53. The van der Waals surface area contributed by atoms with Gasteiger partial charge in [-0.2, -0.15) is 5.26 Å². The number of thiophene rings is 1. The average Bonchev–Trinajstić information content (AvgIpc) is 2.83. The predicted molar refractivity (Wildman–Crippen MR) is 70.9 cm³/mol. The molecule has 0 aromatic carbocycles. The fraction of sp³-hybridized carbons (Fsp3) is 0.615. The molecule has 1 aromatic rings. The van der Waals surface area contributed by atoms with Crippen molar-refractivity contribution in [1.82, 2.24) is 9.80 Å². The summed E-state index contributed by atoms with van der Waals surface area (Å²) in [6.07, 6.45) is 0. The summed E-state index contributed by atoms with van der Waals surface area (Å²) in [4.78, 5) is 6.17. The Morgan fingerprint density at radius 3 is 2.59 bits per heavy atom. The molecule has 2 heterocycles. The molecule has 0 unspecified atom stereocenters. The van der Waals surface area contributed by atoms with Gasteiger partial charge in [0.2, 0.25) is 0 Å². The summed E-state index contributed by atoms with van der Waals surface area (Å²) >= 11 is 1.82. The molecule has 1 aromatic heterocycles. The van der Waals surface area contributed by atoms with Crippen molar-refractivity contribution in [2.24, 2.45) is 0 Å². The van der Waals surface area contributed by atoms with Crippen molar-refractivity contribution in [3.8, 4) is 6.07 Å². The predicted octanol–water partition coefficient (Wildman–Crippen LogP) is 2.17. The number of hydrogen-bond acceptors (Lipinski definition) is 4. The molecule has 0 radical (unpaired) electrons. The van der Waals surface area contributed by atoms with Gasteiger partial charge in [0, 0.05) is 37.6 Å². The molecule has 4 heteroatoms. The van der Waals surface area contributed by atoms with Gasteiger partial charge in [0.25, 0.3) is 0 Å². The Morgan fingerprint density at radius 2 is 2.06 bits per heavy atom. The van der Waals surface area contributed by atoms with Crippen molar-refractivity contribution in [3.05, 3.63) is 22.4 Å². The van der Waals surface area contributed by atoms with Gasteiger partial charge in [-0.05, 0) is 25.3 Å². The highest BCUT2D eigenvalue weighted by atomic mass is 32.1. The van der Waals surface area contributed by atoms with Gasteiger partial charge in [0.15, 0.2) is 0 Å². The van der Waals surface area contributed by atoms with Crippen LogP contribution < -0.4 is 0 Å². The van der Waals surface area contributed by atoms with Crippen LogP contribution in [0.15, 0.2) is 17.5 Å². The van der Waals surface area contributed by atoms with Gasteiger partial charge >= 0.3 is 0 Å². The maximum atomic E-state index is 9.12. The molecule has 0 atom stereocenters. The van der Waals surface area contributed by atoms with E-state index in [9.17, 15) is 0 Å². The fourth-order valence-electron chi connectivity index (χ4n) is 2.16. The molecule has 1 aliphatic heterocycles. The molecule has 1 aliphatic rings. The van der Waals surface area contributed by atoms with Crippen LogP contribution in [-0.4, -0.2) is 41.5 Å². The van der Waals surface area contributed by atoms with Gasteiger partial charge in [-0.3, -0.25) is 9.80 Å². The first-order valence-corrected chi connectivity index (χ1v) is 6.91. The minimum Gasteiger partial charge on any atom is -0.296 e. The lowest BCUT2D eigenvalue weighted by Gasteiger charge is -2.40. The molecule has 0 amide bonds. The van der Waals surface area contributed by atoms with E-state index in [-0.39, 0.29) is 5.54 Å². The Kier molecular flexibility index (Phi) is 3.82. The van der Waals surface area contributed by atoms with Gasteiger partial charge in [0.05, 0.1) is 6.07 Å². The van der Waals surface area contributed by atoms with Crippen LogP contribution in [0.4, 0.5) is 0 Å². The van der Waals surface area contributed by atoms with Crippen LogP contribution in [0.5, 0.6) is 0 Å². The largest absolute Gasteiger partial charge is 0.296 e. The Balaban J connectivity index is 1.85. The van der Waals surface area contributed by atoms with Gasteiger partial charge < -0.3 is 0 Å². The van der Waals surface area contributed by atoms with E-state index in [1.807, 2.05) is 25.2 Å². The second-order valence-corrected chi connectivity index (χ2v) is 6.05. The minimum absolute atomic E-state index is 0.324. The molecule has 0 saturated carbocycles. The molecule has 3 nitrogen and oxygen atoms in total. The first-order chi connectivity index (χ1) is 8.12. The van der Waals surface area contributed by atoms with Crippen LogP contribution in [0.2, 0.25) is 0 Å². The molecule has 2 rings (SSSR count). The topological polar surface area (TPSA) is 30.3 Å². The summed E-state index contributed by atoms with van der Waals surface area (Å²) < 4.78 is 0. The molecular weight excluding hydrogens is 230 g/mol. The van der Waals surface area contributed by atoms with E-state index in [0.717, 1.165) is 32.7 Å². The molecule has 0 N–H and O–H groups in total. The van der Waals surface area contributed by atoms with Gasteiger partial charge in [0.1, 0.15) is 5.54 Å². The van der Waals surface area contributed by atoms with Crippen LogP contribution in [0.25, 0.3) is 0 Å². The van der Waals surface area contributed by atoms with Crippen molar-refractivity contribution >= 4 is 11.3 Å². The van der Waals surface area contributed by atoms with E-state index in [1.165, 1.54) is 4.88 Å². The third kappa shape index (κ3) is 3.06. The summed E-state index contributed by atoms with van der Waals surface area (Å²) in [5.41, 5.74) is -0.324. The number of nitrogens with zero attached hydrogens (tertiary/aromatic N) is 3. The summed E-state index contributed by atoms with van der Waals surface area (Å²) in [6, 6.07) is 6.68. The standard InChI is InChI=1S/C13H19N3S/c1-13(2,11-14)16-7-5-15(6-8-16)10-12-4-3-9-17-12/h3-4,9H,5-8,10H2,1-2H3. The normalized spacial score (nSPS) is 19.1. The second-order valence-electron chi connectivity index (χ2n) is 5.01. The zero-order valence-electron chi connectivity index (χ0n) is 10.5. The van der Waals surface area contributed by atoms with E-state index < -0.39 is 0 Å². The third-order valence-corrected chi connectivity index (χ3v) is 4.26. The summed E-state index contributed by atoms with van der Waals surface area (Å²) in [5.74, 6) is 0. The molecule has 92 valence electrons. The highest BCUT2D eigenvalue weighted by molar-refractivity contribution is 7.09. The lowest BCUT2D eigenvalue weighted by molar-refractivity contribution is 0.0769. The van der Waals surface area contributed by atoms with Crippen LogP contribution in [-0.2, 0) is 6.54 Å². The molecular formula is C13H19N3S. The quantitative estimate of drug-likeness (QED) is 0.822. The molecule has 0 bridgehead atoms. The van der Waals surface area contributed by atoms with E-state index in [2.05, 4.69) is 33.4 Å². The van der Waals surface area contributed by atoms with Crippen molar-refractivity contribution in [2.45, 2.75) is 25.9 Å². The van der Waals surface area contributed by atoms with Crippen molar-refractivity contribution < 1.29 is 0 Å². The number of hydrogen-bond donors (Lipinski definition) is 0. The van der Waals surface area contributed by atoms with Crippen molar-refractivity contribution in [1.29, 1.82) is 5.26 Å². The smallest absolute Gasteiger partial charge is 0.103 e. The maximum Gasteiger partial charge on any atom is 0.103 e. The Bertz CT molecular complexity index is 383. The monoisotopic (exact) mass is 249 g/mol. The van der Waals surface area contributed by atoms with Crippen LogP contribution in [0.3, 0.4) is 0 Å². The van der Waals surface area contributed by atoms with Gasteiger partial charge in [-0.25, -0.2) is 0 Å². The Labute approximate surface area is 107 Å². The maximum absolute atomic E-state index is 9.12. The first-order valence-electron chi connectivity index (χ1n) is 6.03. The van der Waals surface area contributed by atoms with Crippen LogP contribution in [0, 0.1) is 11.3 Å². The lowest BCUT2D eigenvalue weighted by atomic mass is 10.0. The van der Waals surface area contributed by atoms with E-state index in [4.69, 9.17) is 5.26 Å². The third-order valence-electron chi connectivity index (χ3n) is 3.40. The van der Waals surface area contributed by atoms with Crippen molar-refractivity contribution in [3.63, 3.8) is 0 Å². The zero-order chi connectivity index (χ0) is 12.3. The molecule has 0 aliphatic carbocycles. The first kappa shape index (κ1) is 12.6. The van der Waals surface area contributed by atoms with E-state index in [1.54, 1.807) is 0 Å². The Hall–Kier alpha value is -0.890. The molecule has 1 fully saturated rings. The summed E-state index contributed by atoms with van der Waals surface area (Å²) in [5, 5.41) is 11.2. The average molecular weight is 249 g/mol. The summed E-state index contributed by atoms with van der Waals surface area (Å²) in [7, 11) is 0. The Morgan fingerprint density at radius 1 is 1.35 bits per heavy atom. The highest BCUT2D eigenvalue weighted by Gasteiger charge is 2.29. The van der Waals surface area contributed by atoms with Gasteiger partial charge in [-0.15, -0.1) is 11.3 Å². The number of nitriles is 1. The van der Waals surface area contributed by atoms with Crippen molar-refractivity contribution in [2.75, 3.05) is 26.2 Å². The molecule has 1 saturated heterocycles.